The molecule has 1 N–H and O–H groups in total. The smallest absolute Gasteiger partial charge is 0.323 e. The van der Waals surface area contributed by atoms with E-state index in [0.717, 1.165) is 23.7 Å². The van der Waals surface area contributed by atoms with Crippen LogP contribution in [0.5, 0.6) is 0 Å². The van der Waals surface area contributed by atoms with Gasteiger partial charge in [0.2, 0.25) is 0 Å². The van der Waals surface area contributed by atoms with Crippen LogP contribution in [0.4, 0.5) is 15.6 Å². The Labute approximate surface area is 172 Å². The van der Waals surface area contributed by atoms with E-state index in [1.165, 1.54) is 11.3 Å². The molecule has 4 rings (SSSR count). The van der Waals surface area contributed by atoms with Crippen LogP contribution in [0.2, 0.25) is 0 Å². The van der Waals surface area contributed by atoms with Gasteiger partial charge in [0, 0.05) is 49.0 Å². The van der Waals surface area contributed by atoms with Gasteiger partial charge in [-0.2, -0.15) is 0 Å². The number of aryl methyl sites for hydroxylation is 1. The maximum Gasteiger partial charge on any atom is 0.323 e. The van der Waals surface area contributed by atoms with Crippen molar-refractivity contribution in [3.05, 3.63) is 46.0 Å². The maximum atomic E-state index is 12.6. The number of fused-ring (bicyclic) bond motifs is 1. The van der Waals surface area contributed by atoms with Crippen LogP contribution in [0.1, 0.15) is 24.8 Å². The Morgan fingerprint density at radius 2 is 1.93 bits per heavy atom. The number of hydrogen-bond donors (Lipinski definition) is 1. The lowest BCUT2D eigenvalue weighted by Crippen LogP contribution is -2.50. The molecule has 2 amide bonds. The van der Waals surface area contributed by atoms with E-state index >= 15 is 0 Å². The summed E-state index contributed by atoms with van der Waals surface area (Å²) in [6.07, 6.45) is 3.36. The van der Waals surface area contributed by atoms with Crippen LogP contribution >= 0.6 is 11.3 Å². The number of amides is 2. The Balaban J connectivity index is 1.44. The van der Waals surface area contributed by atoms with E-state index in [4.69, 9.17) is 0 Å². The van der Waals surface area contributed by atoms with E-state index < -0.39 is 0 Å². The molecule has 0 atom stereocenters. The third-order valence-corrected chi connectivity index (χ3v) is 5.92. The first-order chi connectivity index (χ1) is 13.9. The summed E-state index contributed by atoms with van der Waals surface area (Å²) in [4.78, 5) is 38.7. The number of anilines is 2. The van der Waals surface area contributed by atoms with Gasteiger partial charge in [0.1, 0.15) is 0 Å². The Kier molecular flexibility index (Phi) is 5.23. The number of hydrogen-bond acceptors (Lipinski definition) is 6. The summed E-state index contributed by atoms with van der Waals surface area (Å²) in [7, 11) is 0. The molecule has 3 aromatic rings. The molecular formula is C20H24N6O2S. The van der Waals surface area contributed by atoms with Gasteiger partial charge in [-0.25, -0.2) is 14.8 Å². The van der Waals surface area contributed by atoms with Gasteiger partial charge in [0.25, 0.3) is 5.56 Å². The molecule has 1 aliphatic rings. The van der Waals surface area contributed by atoms with Crippen LogP contribution in [0.25, 0.3) is 10.9 Å². The van der Waals surface area contributed by atoms with Gasteiger partial charge in [-0.05, 0) is 39.0 Å². The van der Waals surface area contributed by atoms with Crippen LogP contribution in [0.3, 0.4) is 0 Å². The van der Waals surface area contributed by atoms with Crippen molar-refractivity contribution in [3.8, 4) is 0 Å². The largest absolute Gasteiger partial charge is 0.368 e. The summed E-state index contributed by atoms with van der Waals surface area (Å²) in [5.41, 5.74) is 1.70. The minimum atomic E-state index is -0.117. The molecule has 1 fully saturated rings. The minimum absolute atomic E-state index is 0.0181. The van der Waals surface area contributed by atoms with E-state index in [0.29, 0.717) is 29.1 Å². The number of nitrogens with one attached hydrogen (secondary N) is 1. The molecule has 8 nitrogen and oxygen atoms in total. The highest BCUT2D eigenvalue weighted by Crippen LogP contribution is 2.22. The fourth-order valence-corrected chi connectivity index (χ4v) is 4.09. The lowest BCUT2D eigenvalue weighted by molar-refractivity contribution is 0.208. The van der Waals surface area contributed by atoms with Crippen LogP contribution in [-0.4, -0.2) is 51.6 Å². The van der Waals surface area contributed by atoms with Crippen molar-refractivity contribution in [2.24, 2.45) is 0 Å². The molecule has 9 heteroatoms. The summed E-state index contributed by atoms with van der Waals surface area (Å²) in [6, 6.07) is 5.72. The Morgan fingerprint density at radius 1 is 1.17 bits per heavy atom. The van der Waals surface area contributed by atoms with Crippen LogP contribution in [0, 0.1) is 6.92 Å². The molecular weight excluding hydrogens is 388 g/mol. The van der Waals surface area contributed by atoms with Crippen LogP contribution < -0.4 is 15.8 Å². The topological polar surface area (TPSA) is 83.4 Å². The van der Waals surface area contributed by atoms with Crippen LogP contribution in [0.15, 0.2) is 35.5 Å². The molecule has 2 aromatic heterocycles. The van der Waals surface area contributed by atoms with Gasteiger partial charge in [-0.1, -0.05) is 0 Å². The van der Waals surface area contributed by atoms with Crippen molar-refractivity contribution < 1.29 is 4.79 Å². The number of benzene rings is 1. The molecule has 1 aromatic carbocycles. The molecule has 3 heterocycles. The SMILES string of the molecule is Cc1cnc(NC(=O)N2CCN(c3ccc4c(=O)n(C(C)C)cnc4c3)CC2)s1. The highest BCUT2D eigenvalue weighted by Gasteiger charge is 2.22. The zero-order chi connectivity index (χ0) is 20.5. The lowest BCUT2D eigenvalue weighted by atomic mass is 10.2. The van der Waals surface area contributed by atoms with Gasteiger partial charge < -0.3 is 9.80 Å². The van der Waals surface area contributed by atoms with Crippen molar-refractivity contribution in [1.29, 1.82) is 0 Å². The Bertz CT molecular complexity index is 1100. The highest BCUT2D eigenvalue weighted by molar-refractivity contribution is 7.15. The Hall–Kier alpha value is -2.94. The van der Waals surface area contributed by atoms with Crippen molar-refractivity contribution in [2.75, 3.05) is 36.4 Å². The zero-order valence-electron chi connectivity index (χ0n) is 16.8. The fraction of sp³-hybridized carbons (Fsp3) is 0.400. The van der Waals surface area contributed by atoms with Gasteiger partial charge >= 0.3 is 6.03 Å². The quantitative estimate of drug-likeness (QED) is 0.715. The second-order valence-electron chi connectivity index (χ2n) is 7.43. The standard InChI is InChI=1S/C20H24N6O2S/c1-13(2)26-12-22-17-10-15(4-5-16(17)18(26)27)24-6-8-25(9-7-24)20(28)23-19-21-11-14(3)29-19/h4-5,10-13H,6-9H2,1-3H3,(H,21,23,28). The molecule has 1 saturated heterocycles. The highest BCUT2D eigenvalue weighted by atomic mass is 32.1. The van der Waals surface area contributed by atoms with Gasteiger partial charge in [0.15, 0.2) is 5.13 Å². The number of urea groups is 1. The summed E-state index contributed by atoms with van der Waals surface area (Å²) < 4.78 is 1.64. The minimum Gasteiger partial charge on any atom is -0.368 e. The van der Waals surface area contributed by atoms with Gasteiger partial charge in [-0.15, -0.1) is 11.3 Å². The first-order valence-corrected chi connectivity index (χ1v) is 10.5. The van der Waals surface area contributed by atoms with E-state index in [2.05, 4.69) is 20.2 Å². The number of carbonyl (C=O) groups is 1. The normalized spacial score (nSPS) is 14.6. The van der Waals surface area contributed by atoms with E-state index in [1.807, 2.05) is 39.0 Å². The summed E-state index contributed by atoms with van der Waals surface area (Å²) in [6.45, 7) is 8.58. The number of aromatic nitrogens is 3. The number of thiazole rings is 1. The maximum absolute atomic E-state index is 12.6. The third-order valence-electron chi connectivity index (χ3n) is 5.09. The lowest BCUT2D eigenvalue weighted by Gasteiger charge is -2.36. The van der Waals surface area contributed by atoms with Gasteiger partial charge in [-0.3, -0.25) is 14.7 Å². The average Bonchev–Trinajstić information content (AvgIpc) is 3.12. The molecule has 152 valence electrons. The average molecular weight is 413 g/mol. The second-order valence-corrected chi connectivity index (χ2v) is 8.67. The van der Waals surface area contributed by atoms with E-state index in [-0.39, 0.29) is 17.6 Å². The second kappa shape index (κ2) is 7.82. The molecule has 0 saturated carbocycles. The summed E-state index contributed by atoms with van der Waals surface area (Å²) in [5.74, 6) is 0. The van der Waals surface area contributed by atoms with Crippen molar-refractivity contribution in [1.82, 2.24) is 19.4 Å². The first kappa shape index (κ1) is 19.4. The number of piperazine rings is 1. The van der Waals surface area contributed by atoms with Gasteiger partial charge in [0.05, 0.1) is 17.2 Å². The molecule has 0 unspecified atom stereocenters. The molecule has 29 heavy (non-hydrogen) atoms. The summed E-state index contributed by atoms with van der Waals surface area (Å²) in [5, 5.41) is 4.11. The zero-order valence-corrected chi connectivity index (χ0v) is 17.6. The summed E-state index contributed by atoms with van der Waals surface area (Å²) >= 11 is 1.47. The molecule has 0 spiro atoms. The first-order valence-electron chi connectivity index (χ1n) is 9.66. The van der Waals surface area contributed by atoms with E-state index in [9.17, 15) is 9.59 Å². The van der Waals surface area contributed by atoms with E-state index in [1.54, 1.807) is 22.0 Å². The predicted octanol–water partition coefficient (Wildman–Crippen LogP) is 3.10. The monoisotopic (exact) mass is 412 g/mol. The van der Waals surface area contributed by atoms with Crippen LogP contribution in [-0.2, 0) is 0 Å². The Morgan fingerprint density at radius 3 is 2.59 bits per heavy atom. The molecule has 0 bridgehead atoms. The number of rotatable bonds is 3. The predicted molar refractivity (Wildman–Crippen MR) is 116 cm³/mol. The molecule has 0 radical (unpaired) electrons. The fourth-order valence-electron chi connectivity index (χ4n) is 3.44. The number of carbonyl (C=O) groups excluding carboxylic acids is 1. The van der Waals surface area contributed by atoms with Crippen molar-refractivity contribution >= 4 is 39.1 Å². The number of nitrogens with zero attached hydrogens (tertiary/aromatic N) is 5. The molecule has 0 aliphatic carbocycles. The third kappa shape index (κ3) is 3.95. The van der Waals surface area contributed by atoms with Crippen molar-refractivity contribution in [2.45, 2.75) is 26.8 Å². The molecule has 1 aliphatic heterocycles. The van der Waals surface area contributed by atoms with Crippen molar-refractivity contribution in [3.63, 3.8) is 0 Å².